The summed E-state index contributed by atoms with van der Waals surface area (Å²) in [5.74, 6) is 0.360. The largest absolute Gasteiger partial charge is 0.492 e. The lowest BCUT2D eigenvalue weighted by Crippen LogP contribution is -2.46. The Morgan fingerprint density at radius 3 is 2.78 bits per heavy atom. The van der Waals surface area contributed by atoms with Crippen molar-refractivity contribution < 1.29 is 19.1 Å². The Morgan fingerprint density at radius 1 is 1.06 bits per heavy atom. The second-order valence-corrected chi connectivity index (χ2v) is 7.46. The van der Waals surface area contributed by atoms with Gasteiger partial charge in [-0.2, -0.15) is 0 Å². The summed E-state index contributed by atoms with van der Waals surface area (Å²) < 4.78 is 11.2. The number of carbonyl (C=O) groups is 2. The molecule has 0 spiro atoms. The molecule has 3 aromatic rings. The van der Waals surface area contributed by atoms with E-state index in [2.05, 4.69) is 26.1 Å². The van der Waals surface area contributed by atoms with Crippen molar-refractivity contribution in [2.75, 3.05) is 39.5 Å². The number of nitrogens with one attached hydrogen (secondary N) is 4. The number of H-pyrrole nitrogens is 1. The van der Waals surface area contributed by atoms with Gasteiger partial charge in [-0.15, -0.1) is 0 Å². The van der Waals surface area contributed by atoms with Crippen molar-refractivity contribution in [2.45, 2.75) is 6.54 Å². The Balaban J connectivity index is 1.20. The number of benzene rings is 2. The number of carbonyl (C=O) groups excluding carboxylic acids is 2. The van der Waals surface area contributed by atoms with Gasteiger partial charge in [0.05, 0.1) is 18.8 Å². The summed E-state index contributed by atoms with van der Waals surface area (Å²) in [5.41, 5.74) is 7.02. The van der Waals surface area contributed by atoms with Crippen molar-refractivity contribution in [3.05, 3.63) is 65.9 Å². The lowest BCUT2D eigenvalue weighted by atomic mass is 10.2. The highest BCUT2D eigenvalue weighted by Gasteiger charge is 2.12. The van der Waals surface area contributed by atoms with Gasteiger partial charge in [-0.25, -0.2) is 10.2 Å². The van der Waals surface area contributed by atoms with Gasteiger partial charge in [-0.3, -0.25) is 15.1 Å². The molecule has 168 valence electrons. The minimum atomic E-state index is -0.503. The molecule has 0 aliphatic carbocycles. The van der Waals surface area contributed by atoms with Crippen LogP contribution < -0.4 is 20.9 Å². The van der Waals surface area contributed by atoms with Crippen LogP contribution in [0.15, 0.2) is 54.7 Å². The number of hydrogen-bond acceptors (Lipinski definition) is 5. The molecular weight excluding hydrogens is 410 g/mol. The molecule has 32 heavy (non-hydrogen) atoms. The zero-order chi connectivity index (χ0) is 22.2. The number of fused-ring (bicyclic) bond motifs is 1. The van der Waals surface area contributed by atoms with Gasteiger partial charge in [0.1, 0.15) is 12.4 Å². The molecule has 0 unspecified atom stereocenters. The van der Waals surface area contributed by atoms with Crippen LogP contribution in [0.2, 0.25) is 0 Å². The number of amides is 3. The SMILES string of the molecule is O=C(NCc1cccc(OCCN2CCOCC2)c1)NNC(=O)c1c[nH]c2ccccc12. The summed E-state index contributed by atoms with van der Waals surface area (Å²) >= 11 is 0. The summed E-state index contributed by atoms with van der Waals surface area (Å²) in [6.07, 6.45) is 1.62. The van der Waals surface area contributed by atoms with E-state index in [-0.39, 0.29) is 0 Å². The third kappa shape index (κ3) is 5.77. The maximum absolute atomic E-state index is 12.4. The molecule has 2 aromatic carbocycles. The van der Waals surface area contributed by atoms with Gasteiger partial charge in [0.2, 0.25) is 0 Å². The summed E-state index contributed by atoms with van der Waals surface area (Å²) in [7, 11) is 0. The average molecular weight is 438 g/mol. The van der Waals surface area contributed by atoms with Crippen molar-refractivity contribution in [1.29, 1.82) is 0 Å². The Hall–Kier alpha value is -3.56. The van der Waals surface area contributed by atoms with Crippen LogP contribution >= 0.6 is 0 Å². The highest BCUT2D eigenvalue weighted by atomic mass is 16.5. The first-order chi connectivity index (χ1) is 15.7. The molecule has 9 heteroatoms. The minimum absolute atomic E-state index is 0.301. The Morgan fingerprint density at radius 2 is 1.91 bits per heavy atom. The van der Waals surface area contributed by atoms with E-state index in [9.17, 15) is 9.59 Å². The van der Waals surface area contributed by atoms with E-state index < -0.39 is 11.9 Å². The van der Waals surface area contributed by atoms with E-state index in [0.717, 1.165) is 55.1 Å². The number of nitrogens with zero attached hydrogens (tertiary/aromatic N) is 1. The van der Waals surface area contributed by atoms with Crippen LogP contribution in [0.4, 0.5) is 4.79 Å². The first-order valence-electron chi connectivity index (χ1n) is 10.6. The predicted octanol–water partition coefficient (Wildman–Crippen LogP) is 2.02. The molecule has 3 amide bonds. The quantitative estimate of drug-likeness (QED) is 0.423. The molecule has 1 aliphatic heterocycles. The van der Waals surface area contributed by atoms with Crippen molar-refractivity contribution in [1.82, 2.24) is 26.1 Å². The number of para-hydroxylation sites is 1. The van der Waals surface area contributed by atoms with E-state index >= 15 is 0 Å². The molecule has 1 saturated heterocycles. The van der Waals surface area contributed by atoms with Gasteiger partial charge < -0.3 is 19.8 Å². The summed E-state index contributed by atoms with van der Waals surface area (Å²) in [6, 6.07) is 14.5. The summed E-state index contributed by atoms with van der Waals surface area (Å²) in [6.45, 7) is 5.15. The number of morpholine rings is 1. The van der Waals surface area contributed by atoms with Gasteiger partial charge in [-0.1, -0.05) is 30.3 Å². The van der Waals surface area contributed by atoms with E-state index in [1.54, 1.807) is 6.20 Å². The number of aromatic nitrogens is 1. The molecule has 1 aliphatic rings. The van der Waals surface area contributed by atoms with Gasteiger partial charge in [0, 0.05) is 43.3 Å². The van der Waals surface area contributed by atoms with Crippen molar-refractivity contribution in [3.8, 4) is 5.75 Å². The van der Waals surface area contributed by atoms with E-state index in [1.165, 1.54) is 0 Å². The van der Waals surface area contributed by atoms with E-state index in [1.807, 2.05) is 48.5 Å². The number of aromatic amines is 1. The molecule has 0 radical (unpaired) electrons. The first-order valence-corrected chi connectivity index (χ1v) is 10.6. The zero-order valence-corrected chi connectivity index (χ0v) is 17.7. The first kappa shape index (κ1) is 21.7. The second kappa shape index (κ2) is 10.7. The zero-order valence-electron chi connectivity index (χ0n) is 17.7. The molecule has 0 bridgehead atoms. The van der Waals surface area contributed by atoms with Crippen LogP contribution in [0.3, 0.4) is 0 Å². The predicted molar refractivity (Wildman–Crippen MR) is 120 cm³/mol. The highest BCUT2D eigenvalue weighted by molar-refractivity contribution is 6.07. The number of rotatable bonds is 7. The molecule has 0 saturated carbocycles. The summed E-state index contributed by atoms with van der Waals surface area (Å²) in [4.78, 5) is 29.8. The fourth-order valence-electron chi connectivity index (χ4n) is 3.53. The molecule has 0 atom stereocenters. The number of urea groups is 1. The van der Waals surface area contributed by atoms with Crippen LogP contribution in [0.5, 0.6) is 5.75 Å². The van der Waals surface area contributed by atoms with E-state index in [0.29, 0.717) is 18.7 Å². The summed E-state index contributed by atoms with van der Waals surface area (Å²) in [5, 5.41) is 3.51. The monoisotopic (exact) mass is 437 g/mol. The maximum atomic E-state index is 12.4. The van der Waals surface area contributed by atoms with Gasteiger partial charge >= 0.3 is 6.03 Å². The standard InChI is InChI=1S/C23H27N5O4/c29-22(20-16-24-21-7-2-1-6-19(20)21)26-27-23(30)25-15-17-4-3-5-18(14-17)32-13-10-28-8-11-31-12-9-28/h1-7,14,16,24H,8-13,15H2,(H,26,29)(H2,25,27,30). The van der Waals surface area contributed by atoms with Gasteiger partial charge in [0.25, 0.3) is 5.91 Å². The molecule has 1 fully saturated rings. The van der Waals surface area contributed by atoms with Crippen LogP contribution in [-0.2, 0) is 11.3 Å². The number of hydrazine groups is 1. The smallest absolute Gasteiger partial charge is 0.333 e. The minimum Gasteiger partial charge on any atom is -0.492 e. The Kier molecular flexibility index (Phi) is 7.21. The van der Waals surface area contributed by atoms with Crippen LogP contribution in [0.25, 0.3) is 10.9 Å². The normalized spacial score (nSPS) is 14.1. The topological polar surface area (TPSA) is 108 Å². The van der Waals surface area contributed by atoms with Crippen LogP contribution in [0.1, 0.15) is 15.9 Å². The Bertz CT molecular complexity index is 1060. The van der Waals surface area contributed by atoms with Crippen molar-refractivity contribution in [3.63, 3.8) is 0 Å². The maximum Gasteiger partial charge on any atom is 0.333 e. The number of hydrogen-bond donors (Lipinski definition) is 4. The second-order valence-electron chi connectivity index (χ2n) is 7.46. The molecule has 2 heterocycles. The van der Waals surface area contributed by atoms with Crippen LogP contribution in [-0.4, -0.2) is 61.3 Å². The van der Waals surface area contributed by atoms with Crippen molar-refractivity contribution in [2.24, 2.45) is 0 Å². The van der Waals surface area contributed by atoms with E-state index in [4.69, 9.17) is 9.47 Å². The van der Waals surface area contributed by atoms with Gasteiger partial charge in [-0.05, 0) is 23.8 Å². The van der Waals surface area contributed by atoms with Crippen LogP contribution in [0, 0.1) is 0 Å². The third-order valence-corrected chi connectivity index (χ3v) is 5.25. The lowest BCUT2D eigenvalue weighted by molar-refractivity contribution is 0.0322. The van der Waals surface area contributed by atoms with Gasteiger partial charge in [0.15, 0.2) is 0 Å². The average Bonchev–Trinajstić information content (AvgIpc) is 3.26. The number of ether oxygens (including phenoxy) is 2. The molecular formula is C23H27N5O4. The Labute approximate surface area is 186 Å². The fourth-order valence-corrected chi connectivity index (χ4v) is 3.53. The molecule has 1 aromatic heterocycles. The third-order valence-electron chi connectivity index (χ3n) is 5.25. The lowest BCUT2D eigenvalue weighted by Gasteiger charge is -2.26. The van der Waals surface area contributed by atoms with Crippen molar-refractivity contribution >= 4 is 22.8 Å². The molecule has 4 rings (SSSR count). The molecule has 9 nitrogen and oxygen atoms in total. The molecule has 4 N–H and O–H groups in total. The highest BCUT2D eigenvalue weighted by Crippen LogP contribution is 2.17. The fraction of sp³-hybridized carbons (Fsp3) is 0.304.